The molecule has 1 aliphatic heterocycles. The molecular weight excluding hydrogens is 567 g/mol. The maximum atomic E-state index is 14.5. The number of benzene rings is 2. The second-order valence-corrected chi connectivity index (χ2v) is 12.1. The van der Waals surface area contributed by atoms with E-state index in [0.29, 0.717) is 22.6 Å². The van der Waals surface area contributed by atoms with E-state index in [1.807, 2.05) is 6.92 Å². The molecule has 1 aromatic heterocycles. The zero-order valence-corrected chi connectivity index (χ0v) is 24.0. The number of halogens is 2. The molecule has 3 aromatic rings. The first-order valence-electron chi connectivity index (χ1n) is 12.4. The molecule has 0 bridgehead atoms. The second-order valence-electron chi connectivity index (χ2n) is 8.85. The first-order chi connectivity index (χ1) is 18.5. The summed E-state index contributed by atoms with van der Waals surface area (Å²) in [7, 11) is -4.22. The number of carboxylic acid groups (broad SMARTS) is 1. The van der Waals surface area contributed by atoms with Gasteiger partial charge in [-0.05, 0) is 62.1 Å². The summed E-state index contributed by atoms with van der Waals surface area (Å²) in [5.41, 5.74) is 1.66. The molecule has 0 fully saturated rings. The fraction of sp³-hybridized carbons (Fsp3) is 0.333. The van der Waals surface area contributed by atoms with Gasteiger partial charge in [-0.15, -0.1) is 0 Å². The van der Waals surface area contributed by atoms with Gasteiger partial charge in [-0.2, -0.15) is 8.42 Å². The summed E-state index contributed by atoms with van der Waals surface area (Å²) in [6.45, 7) is 5.50. The van der Waals surface area contributed by atoms with Crippen LogP contribution in [-0.2, 0) is 21.2 Å². The minimum atomic E-state index is -4.22. The lowest BCUT2D eigenvalue weighted by molar-refractivity contribution is -0.137. The van der Waals surface area contributed by atoms with E-state index in [1.165, 1.54) is 27.8 Å². The van der Waals surface area contributed by atoms with Gasteiger partial charge in [0.05, 0.1) is 28.9 Å². The summed E-state index contributed by atoms with van der Waals surface area (Å²) in [4.78, 5) is 15.6. The molecule has 0 saturated heterocycles. The number of hydrogen-bond acceptors (Lipinski definition) is 7. The van der Waals surface area contributed by atoms with Crippen molar-refractivity contribution in [1.29, 1.82) is 0 Å². The zero-order valence-electron chi connectivity index (χ0n) is 21.6. The largest absolute Gasteiger partial charge is 0.486 e. The average molecular weight is 595 g/mol. The molecule has 2 aromatic carbocycles. The van der Waals surface area contributed by atoms with Gasteiger partial charge in [-0.25, -0.2) is 9.37 Å². The summed E-state index contributed by atoms with van der Waals surface area (Å²) in [5, 5.41) is 10.0. The zero-order chi connectivity index (χ0) is 28.3. The summed E-state index contributed by atoms with van der Waals surface area (Å²) < 4.78 is 55.4. The smallest absolute Gasteiger partial charge is 0.303 e. The highest BCUT2D eigenvalue weighted by Gasteiger charge is 2.38. The van der Waals surface area contributed by atoms with Gasteiger partial charge >= 0.3 is 5.97 Å². The van der Waals surface area contributed by atoms with Gasteiger partial charge < -0.3 is 14.6 Å². The average Bonchev–Trinajstić information content (AvgIpc) is 3.31. The molecule has 208 valence electrons. The standard InChI is InChI=1S/C27H28ClFN2O6S2/c1-4-23-30-26(27(38-23)36-5-2)39(34,35)31-15-18(10-12-24(32)33)37-22-11-9-17(14-21(22)31)13-16(3)25-19(28)7-6-8-20(25)29/h6-9,11,13-14,18H,4-5,10,12,15H2,1-3H3,(H,32,33)/t18-/m0/s1. The molecule has 0 amide bonds. The third kappa shape index (κ3) is 6.21. The van der Waals surface area contributed by atoms with Gasteiger partial charge in [0.2, 0.25) is 10.1 Å². The first-order valence-corrected chi connectivity index (χ1v) is 15.0. The van der Waals surface area contributed by atoms with Gasteiger partial charge in [-0.3, -0.25) is 9.10 Å². The predicted molar refractivity (Wildman–Crippen MR) is 150 cm³/mol. The number of hydrogen-bond donors (Lipinski definition) is 1. The summed E-state index contributed by atoms with van der Waals surface area (Å²) in [5.74, 6) is -1.20. The Morgan fingerprint density at radius 3 is 2.77 bits per heavy atom. The molecule has 8 nitrogen and oxygen atoms in total. The van der Waals surface area contributed by atoms with Crippen LogP contribution < -0.4 is 13.8 Å². The summed E-state index contributed by atoms with van der Waals surface area (Å²) >= 11 is 7.41. The number of rotatable bonds is 10. The van der Waals surface area contributed by atoms with E-state index in [4.69, 9.17) is 26.2 Å². The van der Waals surface area contributed by atoms with Crippen LogP contribution in [0, 0.1) is 5.82 Å². The molecule has 0 unspecified atom stereocenters. The van der Waals surface area contributed by atoms with E-state index in [1.54, 1.807) is 44.2 Å². The number of carboxylic acids is 1. The Bertz CT molecular complexity index is 1500. The van der Waals surface area contributed by atoms with E-state index in [2.05, 4.69) is 4.98 Å². The van der Waals surface area contributed by atoms with Crippen molar-refractivity contribution in [1.82, 2.24) is 4.98 Å². The van der Waals surface area contributed by atoms with Crippen molar-refractivity contribution >= 4 is 56.3 Å². The minimum Gasteiger partial charge on any atom is -0.486 e. The van der Waals surface area contributed by atoms with Crippen molar-refractivity contribution < 1.29 is 32.2 Å². The number of carbonyl (C=O) groups is 1. The number of nitrogens with zero attached hydrogens (tertiary/aromatic N) is 2. The van der Waals surface area contributed by atoms with E-state index in [9.17, 15) is 17.6 Å². The number of sulfonamides is 1. The third-order valence-corrected chi connectivity index (χ3v) is 9.31. The van der Waals surface area contributed by atoms with Crippen LogP contribution in [0.5, 0.6) is 10.8 Å². The first kappa shape index (κ1) is 28.8. The maximum absolute atomic E-state index is 14.5. The van der Waals surface area contributed by atoms with Crippen molar-refractivity contribution in [3.05, 3.63) is 63.4 Å². The lowest BCUT2D eigenvalue weighted by Crippen LogP contribution is -2.44. The van der Waals surface area contributed by atoms with Crippen molar-refractivity contribution in [2.24, 2.45) is 0 Å². The highest BCUT2D eigenvalue weighted by molar-refractivity contribution is 7.93. The van der Waals surface area contributed by atoms with Gasteiger partial charge in [0.15, 0.2) is 0 Å². The maximum Gasteiger partial charge on any atom is 0.303 e. The van der Waals surface area contributed by atoms with Crippen molar-refractivity contribution in [2.75, 3.05) is 17.5 Å². The number of anilines is 1. The predicted octanol–water partition coefficient (Wildman–Crippen LogP) is 6.28. The van der Waals surface area contributed by atoms with Gasteiger partial charge in [0, 0.05) is 12.0 Å². The quantitative estimate of drug-likeness (QED) is 0.275. The molecule has 0 spiro atoms. The molecule has 1 aliphatic rings. The molecule has 4 rings (SSSR count). The number of fused-ring (bicyclic) bond motifs is 1. The normalized spacial score (nSPS) is 15.6. The van der Waals surface area contributed by atoms with Crippen LogP contribution >= 0.6 is 22.9 Å². The molecule has 0 aliphatic carbocycles. The molecule has 12 heteroatoms. The minimum absolute atomic E-state index is 0.113. The lowest BCUT2D eigenvalue weighted by atomic mass is 10.0. The fourth-order valence-electron chi connectivity index (χ4n) is 4.25. The topological polar surface area (TPSA) is 106 Å². The van der Waals surface area contributed by atoms with E-state index in [0.717, 1.165) is 0 Å². The molecule has 2 heterocycles. The summed E-state index contributed by atoms with van der Waals surface area (Å²) in [6, 6.07) is 9.40. The Labute approximate surface area is 235 Å². The lowest BCUT2D eigenvalue weighted by Gasteiger charge is -2.35. The Hall–Kier alpha value is -3.15. The van der Waals surface area contributed by atoms with Gasteiger partial charge in [-0.1, -0.05) is 48.1 Å². The highest BCUT2D eigenvalue weighted by Crippen LogP contribution is 2.42. The molecular formula is C27H28ClFN2O6S2. The SMILES string of the molecule is CCOc1sc(CC)nc1S(=O)(=O)N1C[C@H](CCC(=O)O)Oc2ccc(C=C(C)c3c(F)cccc3Cl)cc21. The van der Waals surface area contributed by atoms with Crippen LogP contribution in [0.1, 0.15) is 49.7 Å². The van der Waals surface area contributed by atoms with Crippen molar-refractivity contribution in [3.8, 4) is 10.8 Å². The molecule has 0 radical (unpaired) electrons. The Morgan fingerprint density at radius 2 is 2.10 bits per heavy atom. The third-order valence-electron chi connectivity index (χ3n) is 6.06. The van der Waals surface area contributed by atoms with Crippen molar-refractivity contribution in [2.45, 2.75) is 51.2 Å². The number of allylic oxidation sites excluding steroid dienone is 1. The number of thiazole rings is 1. The van der Waals surface area contributed by atoms with Crippen LogP contribution in [0.15, 0.2) is 41.4 Å². The van der Waals surface area contributed by atoms with Crippen LogP contribution in [0.25, 0.3) is 11.6 Å². The van der Waals surface area contributed by atoms with E-state index in [-0.39, 0.29) is 58.1 Å². The Morgan fingerprint density at radius 1 is 1.33 bits per heavy atom. The molecule has 1 N–H and O–H groups in total. The summed E-state index contributed by atoms with van der Waals surface area (Å²) in [6.07, 6.45) is 1.48. The van der Waals surface area contributed by atoms with Crippen LogP contribution in [0.4, 0.5) is 10.1 Å². The van der Waals surface area contributed by atoms with Crippen molar-refractivity contribution in [3.63, 3.8) is 0 Å². The number of aliphatic carboxylic acids is 1. The van der Waals surface area contributed by atoms with E-state index < -0.39 is 27.9 Å². The molecule has 0 saturated carbocycles. The van der Waals surface area contributed by atoms with Crippen LogP contribution in [0.2, 0.25) is 5.02 Å². The van der Waals surface area contributed by atoms with Gasteiger partial charge in [0.1, 0.15) is 17.7 Å². The fourth-order valence-corrected chi connectivity index (χ4v) is 7.33. The van der Waals surface area contributed by atoms with E-state index >= 15 is 0 Å². The monoisotopic (exact) mass is 594 g/mol. The second kappa shape index (κ2) is 11.9. The van der Waals surface area contributed by atoms with Crippen LogP contribution in [-0.4, -0.2) is 43.7 Å². The van der Waals surface area contributed by atoms with Gasteiger partial charge in [0.25, 0.3) is 10.0 Å². The number of aryl methyl sites for hydroxylation is 1. The Kier molecular flexibility index (Phi) is 8.83. The Balaban J connectivity index is 1.81. The molecule has 1 atom stereocenters. The number of ether oxygens (including phenoxy) is 2. The number of aromatic nitrogens is 1. The molecule has 39 heavy (non-hydrogen) atoms. The van der Waals surface area contributed by atoms with Crippen LogP contribution in [0.3, 0.4) is 0 Å². The highest BCUT2D eigenvalue weighted by atomic mass is 35.5.